The van der Waals surface area contributed by atoms with Crippen LogP contribution in [0.25, 0.3) is 0 Å². The molecule has 0 fully saturated rings. The summed E-state index contributed by atoms with van der Waals surface area (Å²) in [4.78, 5) is 0. The van der Waals surface area contributed by atoms with Crippen molar-refractivity contribution in [2.45, 2.75) is 46.2 Å². The number of halogens is 1. The Morgan fingerprint density at radius 2 is 2.05 bits per heavy atom. The van der Waals surface area contributed by atoms with Gasteiger partial charge in [0.15, 0.2) is 0 Å². The lowest BCUT2D eigenvalue weighted by Crippen LogP contribution is -2.15. The molecule has 0 saturated carbocycles. The molecule has 3 nitrogen and oxygen atoms in total. The summed E-state index contributed by atoms with van der Waals surface area (Å²) in [5.74, 6) is 0. The number of aryl methyl sites for hydroxylation is 1. The van der Waals surface area contributed by atoms with E-state index in [2.05, 4.69) is 71.0 Å². The van der Waals surface area contributed by atoms with E-state index in [1.165, 1.54) is 22.5 Å². The molecule has 0 saturated heterocycles. The fourth-order valence-electron chi connectivity index (χ4n) is 2.78. The highest BCUT2D eigenvalue weighted by molar-refractivity contribution is 9.10. The predicted molar refractivity (Wildman–Crippen MR) is 91.7 cm³/mol. The Morgan fingerprint density at radius 3 is 2.62 bits per heavy atom. The Morgan fingerprint density at radius 1 is 1.29 bits per heavy atom. The van der Waals surface area contributed by atoms with Crippen LogP contribution >= 0.6 is 15.9 Å². The number of rotatable bonds is 6. The maximum atomic E-state index is 4.85. The van der Waals surface area contributed by atoms with E-state index in [-0.39, 0.29) is 0 Å². The maximum absolute atomic E-state index is 4.85. The molecule has 1 atom stereocenters. The van der Waals surface area contributed by atoms with Crippen LogP contribution in [0.4, 0.5) is 0 Å². The second kappa shape index (κ2) is 7.23. The Labute approximate surface area is 135 Å². The van der Waals surface area contributed by atoms with Crippen molar-refractivity contribution >= 4 is 15.9 Å². The molecule has 0 aliphatic carbocycles. The van der Waals surface area contributed by atoms with E-state index in [0.29, 0.717) is 6.04 Å². The van der Waals surface area contributed by atoms with Gasteiger partial charge in [0, 0.05) is 21.8 Å². The lowest BCUT2D eigenvalue weighted by molar-refractivity contribution is 0.620. The molecular weight excluding hydrogens is 326 g/mol. The first kappa shape index (κ1) is 16.2. The summed E-state index contributed by atoms with van der Waals surface area (Å²) in [7, 11) is 2.01. The monoisotopic (exact) mass is 349 g/mol. The Bertz CT molecular complexity index is 604. The zero-order valence-corrected chi connectivity index (χ0v) is 14.9. The summed E-state index contributed by atoms with van der Waals surface area (Å²) in [6, 6.07) is 8.78. The number of hydrogen-bond donors (Lipinski definition) is 1. The highest BCUT2D eigenvalue weighted by atomic mass is 79.9. The smallest absolute Gasteiger partial charge is 0.0672 e. The van der Waals surface area contributed by atoms with Crippen LogP contribution < -0.4 is 5.32 Å². The van der Waals surface area contributed by atoms with E-state index < -0.39 is 0 Å². The molecule has 2 rings (SSSR count). The third-order valence-corrected chi connectivity index (χ3v) is 4.43. The summed E-state index contributed by atoms with van der Waals surface area (Å²) in [6.07, 6.45) is 1.97. The van der Waals surface area contributed by atoms with Gasteiger partial charge in [-0.1, -0.05) is 41.9 Å². The van der Waals surface area contributed by atoms with Crippen molar-refractivity contribution in [2.75, 3.05) is 7.05 Å². The van der Waals surface area contributed by atoms with E-state index in [1.54, 1.807) is 0 Å². The number of nitrogens with one attached hydrogen (secondary N) is 1. The van der Waals surface area contributed by atoms with Crippen molar-refractivity contribution in [2.24, 2.45) is 0 Å². The molecule has 1 heterocycles. The van der Waals surface area contributed by atoms with Crippen molar-refractivity contribution in [3.05, 3.63) is 51.3 Å². The molecule has 1 aromatic heterocycles. The molecule has 114 valence electrons. The first-order valence-electron chi connectivity index (χ1n) is 7.60. The van der Waals surface area contributed by atoms with Crippen molar-refractivity contribution in [3.8, 4) is 0 Å². The largest absolute Gasteiger partial charge is 0.313 e. The third kappa shape index (κ3) is 3.55. The molecule has 0 aliphatic rings. The molecule has 0 spiro atoms. The van der Waals surface area contributed by atoms with Gasteiger partial charge in [0.1, 0.15) is 0 Å². The zero-order chi connectivity index (χ0) is 15.4. The summed E-state index contributed by atoms with van der Waals surface area (Å²) < 4.78 is 3.29. The lowest BCUT2D eigenvalue weighted by atomic mass is 10.0. The van der Waals surface area contributed by atoms with Crippen molar-refractivity contribution in [3.63, 3.8) is 0 Å². The van der Waals surface area contributed by atoms with Crippen molar-refractivity contribution in [1.82, 2.24) is 15.1 Å². The summed E-state index contributed by atoms with van der Waals surface area (Å²) in [6.45, 7) is 7.42. The summed E-state index contributed by atoms with van der Waals surface area (Å²) >= 11 is 3.54. The molecule has 21 heavy (non-hydrogen) atoms. The van der Waals surface area contributed by atoms with Crippen LogP contribution in [-0.4, -0.2) is 16.8 Å². The normalized spacial score (nSPS) is 12.6. The minimum Gasteiger partial charge on any atom is -0.313 e. The van der Waals surface area contributed by atoms with E-state index in [9.17, 15) is 0 Å². The van der Waals surface area contributed by atoms with Crippen LogP contribution in [0.15, 0.2) is 28.7 Å². The molecule has 0 radical (unpaired) electrons. The van der Waals surface area contributed by atoms with Crippen LogP contribution in [-0.2, 0) is 19.4 Å². The first-order chi connectivity index (χ1) is 10.1. The van der Waals surface area contributed by atoms with Gasteiger partial charge in [-0.15, -0.1) is 0 Å². The summed E-state index contributed by atoms with van der Waals surface area (Å²) in [5.41, 5.74) is 5.20. The van der Waals surface area contributed by atoms with Crippen LogP contribution in [0.5, 0.6) is 0 Å². The topological polar surface area (TPSA) is 29.9 Å². The van der Waals surface area contributed by atoms with Crippen LogP contribution in [0.1, 0.15) is 49.3 Å². The van der Waals surface area contributed by atoms with Crippen molar-refractivity contribution in [1.29, 1.82) is 0 Å². The summed E-state index contributed by atoms with van der Waals surface area (Å²) in [5, 5.41) is 8.21. The predicted octanol–water partition coefficient (Wildman–Crippen LogP) is 4.10. The average molecular weight is 350 g/mol. The number of hydrogen-bond acceptors (Lipinski definition) is 2. The first-order valence-corrected chi connectivity index (χ1v) is 8.40. The zero-order valence-electron chi connectivity index (χ0n) is 13.3. The maximum Gasteiger partial charge on any atom is 0.0672 e. The van der Waals surface area contributed by atoms with Gasteiger partial charge in [-0.05, 0) is 44.5 Å². The van der Waals surface area contributed by atoms with Crippen molar-refractivity contribution < 1.29 is 0 Å². The minimum atomic E-state index is 0.339. The SMILES string of the molecule is CCc1nn(Cc2cccc(Br)c2)c(CC)c1C(C)NC. The van der Waals surface area contributed by atoms with Crippen LogP contribution in [0.2, 0.25) is 0 Å². The molecule has 0 bridgehead atoms. The fraction of sp³-hybridized carbons (Fsp3) is 0.471. The van der Waals surface area contributed by atoms with Gasteiger partial charge in [0.05, 0.1) is 12.2 Å². The molecule has 1 N–H and O–H groups in total. The van der Waals surface area contributed by atoms with E-state index in [1.807, 2.05) is 7.05 Å². The van der Waals surface area contributed by atoms with Gasteiger partial charge in [0.2, 0.25) is 0 Å². The minimum absolute atomic E-state index is 0.339. The van der Waals surface area contributed by atoms with Crippen LogP contribution in [0, 0.1) is 0 Å². The van der Waals surface area contributed by atoms with Crippen LogP contribution in [0.3, 0.4) is 0 Å². The Kier molecular flexibility index (Phi) is 5.59. The number of nitrogens with zero attached hydrogens (tertiary/aromatic N) is 2. The van der Waals surface area contributed by atoms with E-state index in [4.69, 9.17) is 5.10 Å². The lowest BCUT2D eigenvalue weighted by Gasteiger charge is -2.13. The van der Waals surface area contributed by atoms with Gasteiger partial charge < -0.3 is 5.32 Å². The quantitative estimate of drug-likeness (QED) is 0.850. The Balaban J connectivity index is 2.41. The molecule has 4 heteroatoms. The Hall–Kier alpha value is -1.13. The highest BCUT2D eigenvalue weighted by Gasteiger charge is 2.19. The molecule has 0 aliphatic heterocycles. The highest BCUT2D eigenvalue weighted by Crippen LogP contribution is 2.24. The number of benzene rings is 1. The van der Waals surface area contributed by atoms with Gasteiger partial charge in [-0.2, -0.15) is 5.10 Å². The van der Waals surface area contributed by atoms with Gasteiger partial charge in [-0.3, -0.25) is 4.68 Å². The second-order valence-corrected chi connectivity index (χ2v) is 6.23. The van der Waals surface area contributed by atoms with Gasteiger partial charge >= 0.3 is 0 Å². The van der Waals surface area contributed by atoms with E-state index >= 15 is 0 Å². The average Bonchev–Trinajstić information content (AvgIpc) is 2.83. The standard InChI is InChI=1S/C17H24BrN3/c1-5-15-17(12(3)19-4)16(6-2)21(20-15)11-13-8-7-9-14(18)10-13/h7-10,12,19H,5-6,11H2,1-4H3. The van der Waals surface area contributed by atoms with E-state index in [0.717, 1.165) is 23.9 Å². The molecular formula is C17H24BrN3. The fourth-order valence-corrected chi connectivity index (χ4v) is 3.23. The number of aromatic nitrogens is 2. The molecule has 1 aromatic carbocycles. The molecule has 1 unspecified atom stereocenters. The third-order valence-electron chi connectivity index (χ3n) is 3.93. The van der Waals surface area contributed by atoms with Gasteiger partial charge in [0.25, 0.3) is 0 Å². The second-order valence-electron chi connectivity index (χ2n) is 5.31. The molecule has 0 amide bonds. The molecule has 2 aromatic rings. The van der Waals surface area contributed by atoms with Gasteiger partial charge in [-0.25, -0.2) is 0 Å².